The summed E-state index contributed by atoms with van der Waals surface area (Å²) in [5.41, 5.74) is 5.49. The van der Waals surface area contributed by atoms with Crippen molar-refractivity contribution < 1.29 is 9.53 Å². The molecule has 6 rings (SSSR count). The summed E-state index contributed by atoms with van der Waals surface area (Å²) >= 11 is 1.36. The van der Waals surface area contributed by atoms with Crippen molar-refractivity contribution in [3.63, 3.8) is 0 Å². The number of para-hydroxylation sites is 2. The molecule has 0 fully saturated rings. The minimum Gasteiger partial charge on any atom is -0.483 e. The summed E-state index contributed by atoms with van der Waals surface area (Å²) in [6.07, 6.45) is -0.347. The minimum atomic E-state index is -0.347. The average molecular weight is 519 g/mol. The molecule has 188 valence electrons. The number of rotatable bonds is 8. The zero-order chi connectivity index (χ0) is 25.9. The summed E-state index contributed by atoms with van der Waals surface area (Å²) in [6.45, 7) is 1.95. The first-order chi connectivity index (χ1) is 18.7. The summed E-state index contributed by atoms with van der Waals surface area (Å²) in [4.78, 5) is 13.2. The Morgan fingerprint density at radius 1 is 0.842 bits per heavy atom. The molecule has 0 aliphatic heterocycles. The molecule has 1 unspecified atom stereocenters. The van der Waals surface area contributed by atoms with Gasteiger partial charge in [0, 0.05) is 5.69 Å². The van der Waals surface area contributed by atoms with Gasteiger partial charge in [-0.15, -0.1) is 10.2 Å². The van der Waals surface area contributed by atoms with Crippen LogP contribution in [-0.2, 0) is 4.79 Å². The number of ether oxygens (including phenoxy) is 1. The van der Waals surface area contributed by atoms with Gasteiger partial charge in [-0.05, 0) is 53.4 Å². The molecule has 0 spiro atoms. The van der Waals surface area contributed by atoms with Crippen molar-refractivity contribution >= 4 is 17.7 Å². The van der Waals surface area contributed by atoms with Crippen LogP contribution < -0.4 is 10.1 Å². The van der Waals surface area contributed by atoms with Gasteiger partial charge in [0.2, 0.25) is 5.91 Å². The Bertz CT molecular complexity index is 1520. The van der Waals surface area contributed by atoms with Crippen molar-refractivity contribution in [3.8, 4) is 22.6 Å². The molecule has 0 saturated carbocycles. The standard InChI is InChI=1S/C31H26N4O2S/c1-21(37-23-14-6-3-7-15-23)30-33-34-31(35(30)22-12-4-2-5-13-22)38-20-28(36)32-29-26-18-10-8-16-24(26)25-17-9-11-19-27(25)29/h2-19,21,29H,20H2,1H3,(H,32,36). The maximum absolute atomic E-state index is 13.2. The number of thioether (sulfide) groups is 1. The van der Waals surface area contributed by atoms with E-state index >= 15 is 0 Å². The highest BCUT2D eigenvalue weighted by Crippen LogP contribution is 2.43. The SMILES string of the molecule is CC(Oc1ccccc1)c1nnc(SCC(=O)NC2c3ccccc3-c3ccccc32)n1-c1ccccc1. The number of nitrogens with zero attached hydrogens (tertiary/aromatic N) is 3. The van der Waals surface area contributed by atoms with Gasteiger partial charge in [0.1, 0.15) is 5.75 Å². The molecule has 0 bridgehead atoms. The minimum absolute atomic E-state index is 0.0655. The third-order valence-corrected chi connectivity index (χ3v) is 7.49. The Morgan fingerprint density at radius 3 is 2.08 bits per heavy atom. The predicted octanol–water partition coefficient (Wildman–Crippen LogP) is 6.39. The van der Waals surface area contributed by atoms with E-state index < -0.39 is 0 Å². The molecule has 1 aromatic heterocycles. The highest BCUT2D eigenvalue weighted by atomic mass is 32.2. The van der Waals surface area contributed by atoms with Gasteiger partial charge in [-0.25, -0.2) is 0 Å². The fourth-order valence-corrected chi connectivity index (χ4v) is 5.63. The van der Waals surface area contributed by atoms with Crippen LogP contribution in [0.25, 0.3) is 16.8 Å². The molecule has 0 radical (unpaired) electrons. The van der Waals surface area contributed by atoms with Gasteiger partial charge in [0.25, 0.3) is 0 Å². The quantitative estimate of drug-likeness (QED) is 0.241. The van der Waals surface area contributed by atoms with Crippen molar-refractivity contribution in [1.82, 2.24) is 20.1 Å². The third-order valence-electron chi connectivity index (χ3n) is 6.56. The van der Waals surface area contributed by atoms with Gasteiger partial charge < -0.3 is 10.1 Å². The molecule has 7 heteroatoms. The van der Waals surface area contributed by atoms with Crippen LogP contribution in [0, 0.1) is 0 Å². The number of aromatic nitrogens is 3. The van der Waals surface area contributed by atoms with Gasteiger partial charge in [-0.2, -0.15) is 0 Å². The van der Waals surface area contributed by atoms with Crippen LogP contribution >= 0.6 is 11.8 Å². The molecular weight excluding hydrogens is 492 g/mol. The van der Waals surface area contributed by atoms with E-state index in [9.17, 15) is 4.79 Å². The molecule has 4 aromatic carbocycles. The molecule has 38 heavy (non-hydrogen) atoms. The molecule has 1 aliphatic rings. The van der Waals surface area contributed by atoms with E-state index in [-0.39, 0.29) is 23.8 Å². The summed E-state index contributed by atoms with van der Waals surface area (Å²) in [5, 5.41) is 12.8. The average Bonchev–Trinajstić information content (AvgIpc) is 3.53. The maximum Gasteiger partial charge on any atom is 0.231 e. The Morgan fingerprint density at radius 2 is 1.42 bits per heavy atom. The first-order valence-corrected chi connectivity index (χ1v) is 13.5. The van der Waals surface area contributed by atoms with E-state index in [0.717, 1.165) is 22.6 Å². The van der Waals surface area contributed by atoms with Crippen molar-refractivity contribution in [2.75, 3.05) is 5.75 Å². The highest BCUT2D eigenvalue weighted by Gasteiger charge is 2.29. The molecule has 1 amide bonds. The van der Waals surface area contributed by atoms with Crippen molar-refractivity contribution in [2.24, 2.45) is 0 Å². The molecule has 0 saturated heterocycles. The number of amides is 1. The number of carbonyl (C=O) groups excluding carboxylic acids is 1. The Balaban J connectivity index is 1.22. The third kappa shape index (κ3) is 4.68. The van der Waals surface area contributed by atoms with Crippen LogP contribution in [0.15, 0.2) is 114 Å². The van der Waals surface area contributed by atoms with Gasteiger partial charge in [-0.3, -0.25) is 9.36 Å². The second kappa shape index (κ2) is 10.6. The van der Waals surface area contributed by atoms with Crippen molar-refractivity contribution in [2.45, 2.75) is 24.2 Å². The van der Waals surface area contributed by atoms with Crippen LogP contribution in [0.5, 0.6) is 5.75 Å². The number of hydrogen-bond donors (Lipinski definition) is 1. The zero-order valence-electron chi connectivity index (χ0n) is 20.8. The molecule has 1 aliphatic carbocycles. The van der Waals surface area contributed by atoms with E-state index in [1.165, 1.54) is 22.9 Å². The second-order valence-electron chi connectivity index (χ2n) is 9.05. The normalized spacial score (nSPS) is 13.0. The number of hydrogen-bond acceptors (Lipinski definition) is 5. The lowest BCUT2D eigenvalue weighted by molar-refractivity contribution is -0.119. The lowest BCUT2D eigenvalue weighted by Crippen LogP contribution is -2.29. The second-order valence-corrected chi connectivity index (χ2v) is 9.99. The van der Waals surface area contributed by atoms with Crippen LogP contribution in [0.4, 0.5) is 0 Å². The van der Waals surface area contributed by atoms with Crippen molar-refractivity contribution in [3.05, 3.63) is 126 Å². The highest BCUT2D eigenvalue weighted by molar-refractivity contribution is 7.99. The van der Waals surface area contributed by atoms with E-state index in [2.05, 4.69) is 39.8 Å². The molecule has 5 aromatic rings. The summed E-state index contributed by atoms with van der Waals surface area (Å²) < 4.78 is 8.11. The smallest absolute Gasteiger partial charge is 0.231 e. The summed E-state index contributed by atoms with van der Waals surface area (Å²) in [5.74, 6) is 1.57. The predicted molar refractivity (Wildman–Crippen MR) is 149 cm³/mol. The molecule has 6 nitrogen and oxygen atoms in total. The molecule has 1 heterocycles. The van der Waals surface area contributed by atoms with Crippen LogP contribution in [0.1, 0.15) is 36.0 Å². The van der Waals surface area contributed by atoms with Gasteiger partial charge >= 0.3 is 0 Å². The number of carbonyl (C=O) groups is 1. The first-order valence-electron chi connectivity index (χ1n) is 12.5. The van der Waals surface area contributed by atoms with E-state index in [4.69, 9.17) is 4.74 Å². The fourth-order valence-electron chi connectivity index (χ4n) is 4.86. The largest absolute Gasteiger partial charge is 0.483 e. The zero-order valence-corrected chi connectivity index (χ0v) is 21.6. The van der Waals surface area contributed by atoms with Gasteiger partial charge in [0.05, 0.1) is 11.8 Å². The van der Waals surface area contributed by atoms with E-state index in [1.807, 2.05) is 96.4 Å². The lowest BCUT2D eigenvalue weighted by atomic mass is 10.1. The molecule has 1 N–H and O–H groups in total. The van der Waals surface area contributed by atoms with Crippen LogP contribution in [-0.4, -0.2) is 26.4 Å². The molecular formula is C31H26N4O2S. The Hall–Kier alpha value is -4.36. The van der Waals surface area contributed by atoms with Crippen molar-refractivity contribution in [1.29, 1.82) is 0 Å². The van der Waals surface area contributed by atoms with Crippen LogP contribution in [0.2, 0.25) is 0 Å². The Kier molecular flexibility index (Phi) is 6.67. The van der Waals surface area contributed by atoms with Crippen LogP contribution in [0.3, 0.4) is 0 Å². The Labute approximate surface area is 225 Å². The molecule has 1 atom stereocenters. The summed E-state index contributed by atoms with van der Waals surface area (Å²) in [6, 6.07) is 35.9. The van der Waals surface area contributed by atoms with E-state index in [1.54, 1.807) is 0 Å². The van der Waals surface area contributed by atoms with Gasteiger partial charge in [-0.1, -0.05) is 96.7 Å². The topological polar surface area (TPSA) is 69.0 Å². The monoisotopic (exact) mass is 518 g/mol. The number of fused-ring (bicyclic) bond motifs is 3. The van der Waals surface area contributed by atoms with Gasteiger partial charge in [0.15, 0.2) is 17.1 Å². The van der Waals surface area contributed by atoms with E-state index in [0.29, 0.717) is 11.0 Å². The first kappa shape index (κ1) is 24.0. The maximum atomic E-state index is 13.2. The number of benzene rings is 4. The lowest BCUT2D eigenvalue weighted by Gasteiger charge is -2.17. The summed E-state index contributed by atoms with van der Waals surface area (Å²) in [7, 11) is 0. The number of nitrogens with one attached hydrogen (secondary N) is 1. The fraction of sp³-hybridized carbons (Fsp3) is 0.129.